The maximum atomic E-state index is 12.4. The van der Waals surface area contributed by atoms with E-state index in [0.717, 1.165) is 0 Å². The molecule has 0 fully saturated rings. The SMILES string of the molecule is N[C@@H](NS(=O)(=O)c1ccccc1)C(C(=O)O)C(=O)c1ccccc1. The van der Waals surface area contributed by atoms with Gasteiger partial charge in [0.25, 0.3) is 0 Å². The lowest BCUT2D eigenvalue weighted by Crippen LogP contribution is -2.52. The van der Waals surface area contributed by atoms with Gasteiger partial charge in [0.05, 0.1) is 11.1 Å². The summed E-state index contributed by atoms with van der Waals surface area (Å²) in [6.07, 6.45) is -1.61. The first-order valence-electron chi connectivity index (χ1n) is 6.98. The maximum Gasteiger partial charge on any atom is 0.317 e. The molecular weight excluding hydrogens is 332 g/mol. The van der Waals surface area contributed by atoms with Gasteiger partial charge in [-0.15, -0.1) is 0 Å². The van der Waals surface area contributed by atoms with Gasteiger partial charge in [0, 0.05) is 5.56 Å². The van der Waals surface area contributed by atoms with E-state index < -0.39 is 33.9 Å². The van der Waals surface area contributed by atoms with Gasteiger partial charge in [-0.05, 0) is 12.1 Å². The van der Waals surface area contributed by atoms with Crippen molar-refractivity contribution in [2.75, 3.05) is 0 Å². The van der Waals surface area contributed by atoms with Crippen molar-refractivity contribution in [3.8, 4) is 0 Å². The Morgan fingerprint density at radius 2 is 1.46 bits per heavy atom. The summed E-state index contributed by atoms with van der Waals surface area (Å²) in [5.41, 5.74) is 5.83. The summed E-state index contributed by atoms with van der Waals surface area (Å²) >= 11 is 0. The quantitative estimate of drug-likeness (QED) is 0.386. The number of nitrogens with two attached hydrogens (primary N) is 1. The number of rotatable bonds is 7. The van der Waals surface area contributed by atoms with Crippen molar-refractivity contribution in [1.29, 1.82) is 0 Å². The number of aliphatic carboxylic acids is 1. The van der Waals surface area contributed by atoms with Gasteiger partial charge in [0.2, 0.25) is 10.0 Å². The number of carboxylic acid groups (broad SMARTS) is 1. The lowest BCUT2D eigenvalue weighted by molar-refractivity contribution is -0.140. The van der Waals surface area contributed by atoms with E-state index in [9.17, 15) is 23.1 Å². The fraction of sp³-hybridized carbons (Fsp3) is 0.125. The number of Topliss-reactive ketones (excluding diaryl/α,β-unsaturated/α-hetero) is 1. The molecule has 0 heterocycles. The van der Waals surface area contributed by atoms with Crippen LogP contribution in [-0.2, 0) is 14.8 Å². The maximum absolute atomic E-state index is 12.4. The van der Waals surface area contributed by atoms with Crippen LogP contribution in [0.2, 0.25) is 0 Å². The summed E-state index contributed by atoms with van der Waals surface area (Å²) in [5, 5.41) is 9.31. The van der Waals surface area contributed by atoms with Crippen molar-refractivity contribution in [2.24, 2.45) is 11.7 Å². The first kappa shape index (κ1) is 17.8. The average Bonchev–Trinajstić information content (AvgIpc) is 2.55. The molecule has 7 nitrogen and oxygen atoms in total. The first-order valence-corrected chi connectivity index (χ1v) is 8.46. The first-order chi connectivity index (χ1) is 11.3. The number of carboxylic acids is 1. The second-order valence-electron chi connectivity index (χ2n) is 5.01. The minimum Gasteiger partial charge on any atom is -0.481 e. The molecule has 8 heteroatoms. The highest BCUT2D eigenvalue weighted by Gasteiger charge is 2.35. The van der Waals surface area contributed by atoms with Crippen LogP contribution in [-0.4, -0.2) is 31.4 Å². The molecule has 4 N–H and O–H groups in total. The van der Waals surface area contributed by atoms with Crippen molar-refractivity contribution in [2.45, 2.75) is 11.1 Å². The van der Waals surface area contributed by atoms with Crippen LogP contribution in [0.5, 0.6) is 0 Å². The van der Waals surface area contributed by atoms with Gasteiger partial charge in [-0.3, -0.25) is 9.59 Å². The predicted octanol–water partition coefficient (Wildman–Crippen LogP) is 0.833. The van der Waals surface area contributed by atoms with Gasteiger partial charge in [-0.1, -0.05) is 48.5 Å². The highest BCUT2D eigenvalue weighted by Crippen LogP contribution is 2.14. The molecule has 2 aromatic carbocycles. The van der Waals surface area contributed by atoms with Crippen molar-refractivity contribution in [3.63, 3.8) is 0 Å². The van der Waals surface area contributed by atoms with E-state index in [1.807, 2.05) is 0 Å². The van der Waals surface area contributed by atoms with Crippen LogP contribution in [0.25, 0.3) is 0 Å². The third-order valence-electron chi connectivity index (χ3n) is 3.31. The van der Waals surface area contributed by atoms with Crippen LogP contribution in [0, 0.1) is 5.92 Å². The van der Waals surface area contributed by atoms with Crippen molar-refractivity contribution >= 4 is 21.8 Å². The van der Waals surface area contributed by atoms with Crippen LogP contribution in [0.3, 0.4) is 0 Å². The van der Waals surface area contributed by atoms with Gasteiger partial charge in [-0.25, -0.2) is 8.42 Å². The monoisotopic (exact) mass is 348 g/mol. The molecule has 2 atom stereocenters. The Kier molecular flexibility index (Phi) is 5.45. The second-order valence-corrected chi connectivity index (χ2v) is 6.72. The molecule has 24 heavy (non-hydrogen) atoms. The molecule has 2 rings (SSSR count). The van der Waals surface area contributed by atoms with E-state index in [0.29, 0.717) is 0 Å². The van der Waals surface area contributed by atoms with E-state index in [-0.39, 0.29) is 10.5 Å². The normalized spacial score (nSPS) is 13.9. The predicted molar refractivity (Wildman–Crippen MR) is 86.6 cm³/mol. The number of carbonyl (C=O) groups excluding carboxylic acids is 1. The number of nitrogens with one attached hydrogen (secondary N) is 1. The molecule has 0 bridgehead atoms. The smallest absolute Gasteiger partial charge is 0.317 e. The fourth-order valence-corrected chi connectivity index (χ4v) is 3.27. The summed E-state index contributed by atoms with van der Waals surface area (Å²) in [6.45, 7) is 0. The minimum absolute atomic E-state index is 0.0725. The minimum atomic E-state index is -4.04. The molecule has 126 valence electrons. The topological polar surface area (TPSA) is 127 Å². The highest BCUT2D eigenvalue weighted by molar-refractivity contribution is 7.89. The molecule has 0 amide bonds. The van der Waals surface area contributed by atoms with Crippen LogP contribution in [0.4, 0.5) is 0 Å². The molecule has 0 saturated carbocycles. The summed E-state index contributed by atoms with van der Waals surface area (Å²) in [7, 11) is -4.04. The summed E-state index contributed by atoms with van der Waals surface area (Å²) in [6, 6.07) is 15.1. The Bertz CT molecular complexity index is 822. The van der Waals surface area contributed by atoms with Gasteiger partial charge in [0.15, 0.2) is 5.78 Å². The van der Waals surface area contributed by atoms with E-state index >= 15 is 0 Å². The van der Waals surface area contributed by atoms with Crippen molar-refractivity contribution < 1.29 is 23.1 Å². The molecule has 0 aliphatic heterocycles. The molecular formula is C16H16N2O5S. The molecule has 0 aliphatic carbocycles. The van der Waals surface area contributed by atoms with Gasteiger partial charge in [0.1, 0.15) is 5.92 Å². The lowest BCUT2D eigenvalue weighted by Gasteiger charge is -2.20. The highest BCUT2D eigenvalue weighted by atomic mass is 32.2. The third kappa shape index (κ3) is 4.05. The molecule has 0 aliphatic rings. The Hall–Kier alpha value is -2.55. The van der Waals surface area contributed by atoms with Crippen LogP contribution in [0.1, 0.15) is 10.4 Å². The molecule has 1 unspecified atom stereocenters. The Morgan fingerprint density at radius 1 is 0.958 bits per heavy atom. The second kappa shape index (κ2) is 7.35. The third-order valence-corrected chi connectivity index (χ3v) is 4.79. The zero-order valence-electron chi connectivity index (χ0n) is 12.5. The van der Waals surface area contributed by atoms with Crippen molar-refractivity contribution in [3.05, 3.63) is 66.2 Å². The Labute approximate surface area is 139 Å². The largest absolute Gasteiger partial charge is 0.481 e. The molecule has 0 spiro atoms. The molecule has 0 saturated heterocycles. The zero-order valence-corrected chi connectivity index (χ0v) is 13.3. The number of hydrogen-bond donors (Lipinski definition) is 3. The Morgan fingerprint density at radius 3 is 1.96 bits per heavy atom. The molecule has 0 radical (unpaired) electrons. The van der Waals surface area contributed by atoms with E-state index in [1.54, 1.807) is 24.3 Å². The van der Waals surface area contributed by atoms with Gasteiger partial charge in [-0.2, -0.15) is 4.72 Å². The summed E-state index contributed by atoms with van der Waals surface area (Å²) in [4.78, 5) is 23.7. The lowest BCUT2D eigenvalue weighted by atomic mass is 9.95. The standard InChI is InChI=1S/C16H16N2O5S/c17-15(18-24(22,23)12-9-5-2-6-10-12)13(16(20)21)14(19)11-7-3-1-4-8-11/h1-10,13,15,18H,17H2,(H,20,21)/t13?,15-/m0/s1. The summed E-state index contributed by atoms with van der Waals surface area (Å²) < 4.78 is 26.5. The molecule has 2 aromatic rings. The van der Waals surface area contributed by atoms with E-state index in [1.165, 1.54) is 36.4 Å². The van der Waals surface area contributed by atoms with Crippen LogP contribution < -0.4 is 10.5 Å². The average molecular weight is 348 g/mol. The zero-order chi connectivity index (χ0) is 17.7. The summed E-state index contributed by atoms with van der Waals surface area (Å²) in [5.74, 6) is -4.02. The fourth-order valence-electron chi connectivity index (χ4n) is 2.13. The number of hydrogen-bond acceptors (Lipinski definition) is 5. The van der Waals surface area contributed by atoms with Crippen LogP contribution >= 0.6 is 0 Å². The number of carbonyl (C=O) groups is 2. The molecule has 0 aromatic heterocycles. The van der Waals surface area contributed by atoms with E-state index in [4.69, 9.17) is 5.73 Å². The van der Waals surface area contributed by atoms with Crippen molar-refractivity contribution in [1.82, 2.24) is 4.72 Å². The van der Waals surface area contributed by atoms with E-state index in [2.05, 4.69) is 4.72 Å². The van der Waals surface area contributed by atoms with Gasteiger partial charge >= 0.3 is 5.97 Å². The number of ketones is 1. The van der Waals surface area contributed by atoms with Gasteiger partial charge < -0.3 is 10.8 Å². The Balaban J connectivity index is 2.26. The number of benzene rings is 2. The van der Waals surface area contributed by atoms with Crippen LogP contribution in [0.15, 0.2) is 65.6 Å². The number of sulfonamides is 1.